The van der Waals surface area contributed by atoms with Gasteiger partial charge in [-0.05, 0) is 13.8 Å². The molecule has 0 aliphatic carbocycles. The fourth-order valence-electron chi connectivity index (χ4n) is 1.54. The van der Waals surface area contributed by atoms with Crippen LogP contribution in [0.4, 0.5) is 5.82 Å². The van der Waals surface area contributed by atoms with Gasteiger partial charge in [0, 0.05) is 19.0 Å². The second-order valence-corrected chi connectivity index (χ2v) is 3.86. The molecule has 1 N–H and O–H groups in total. The number of rotatable bonds is 6. The highest BCUT2D eigenvalue weighted by Crippen LogP contribution is 2.14. The molecule has 104 valence electrons. The van der Waals surface area contributed by atoms with E-state index in [1.807, 2.05) is 19.9 Å². The van der Waals surface area contributed by atoms with Crippen LogP contribution in [0.3, 0.4) is 0 Å². The Labute approximate surface area is 115 Å². The van der Waals surface area contributed by atoms with Gasteiger partial charge in [-0.3, -0.25) is 0 Å². The largest absolute Gasteiger partial charge is 0.371 e. The lowest BCUT2D eigenvalue weighted by Gasteiger charge is -2.05. The van der Waals surface area contributed by atoms with Crippen LogP contribution in [0.1, 0.15) is 37.4 Å². The molecule has 2 aromatic heterocycles. The Morgan fingerprint density at radius 1 is 1.45 bits per heavy atom. The van der Waals surface area contributed by atoms with Crippen molar-refractivity contribution in [2.24, 2.45) is 0 Å². The summed E-state index contributed by atoms with van der Waals surface area (Å²) in [7, 11) is 0. The number of nitriles is 1. The van der Waals surface area contributed by atoms with Crippen LogP contribution in [-0.2, 0) is 11.3 Å². The van der Waals surface area contributed by atoms with Crippen molar-refractivity contribution in [1.82, 2.24) is 20.1 Å². The van der Waals surface area contributed by atoms with Crippen LogP contribution >= 0.6 is 0 Å². The van der Waals surface area contributed by atoms with Crippen molar-refractivity contribution in [3.05, 3.63) is 29.8 Å². The molecule has 8 nitrogen and oxygen atoms in total. The normalized spacial score (nSPS) is 11.8. The Hall–Kier alpha value is -2.53. The van der Waals surface area contributed by atoms with Crippen molar-refractivity contribution in [3.8, 4) is 6.07 Å². The molecule has 1 atom stereocenters. The second kappa shape index (κ2) is 6.58. The Kier molecular flexibility index (Phi) is 4.57. The van der Waals surface area contributed by atoms with E-state index in [1.165, 1.54) is 12.4 Å². The molecule has 2 rings (SSSR count). The zero-order valence-electron chi connectivity index (χ0n) is 11.2. The minimum Gasteiger partial charge on any atom is -0.371 e. The van der Waals surface area contributed by atoms with Crippen molar-refractivity contribution in [3.63, 3.8) is 0 Å². The summed E-state index contributed by atoms with van der Waals surface area (Å²) in [6.45, 7) is 4.59. The summed E-state index contributed by atoms with van der Waals surface area (Å²) in [5.41, 5.74) is 0.218. The molecule has 2 heterocycles. The third kappa shape index (κ3) is 3.27. The summed E-state index contributed by atoms with van der Waals surface area (Å²) >= 11 is 0. The van der Waals surface area contributed by atoms with Crippen molar-refractivity contribution < 1.29 is 9.26 Å². The van der Waals surface area contributed by atoms with Crippen molar-refractivity contribution in [2.45, 2.75) is 26.5 Å². The lowest BCUT2D eigenvalue weighted by molar-refractivity contribution is 0.0683. The number of ether oxygens (including phenoxy) is 1. The number of anilines is 1. The summed E-state index contributed by atoms with van der Waals surface area (Å²) in [4.78, 5) is 12.1. The lowest BCUT2D eigenvalue weighted by atomic mass is 10.4. The Balaban J connectivity index is 1.99. The zero-order valence-corrected chi connectivity index (χ0v) is 11.2. The van der Waals surface area contributed by atoms with Gasteiger partial charge in [-0.25, -0.2) is 9.97 Å². The number of hydrogen-bond acceptors (Lipinski definition) is 8. The standard InChI is InChI=1S/C12H14N6O2/c1-3-19-8(2)11-17-10(20-18-11)7-16-12-9(6-13)14-4-5-15-12/h4-5,8H,3,7H2,1-2H3,(H,15,16)/t8-/m0/s1. The molecule has 8 heteroatoms. The molecule has 0 unspecified atom stereocenters. The van der Waals surface area contributed by atoms with Gasteiger partial charge in [-0.15, -0.1) is 0 Å². The first-order chi connectivity index (χ1) is 9.74. The molecule has 0 spiro atoms. The van der Waals surface area contributed by atoms with E-state index in [4.69, 9.17) is 14.5 Å². The first kappa shape index (κ1) is 13.9. The average Bonchev–Trinajstić information content (AvgIpc) is 2.94. The Morgan fingerprint density at radius 3 is 3.00 bits per heavy atom. The third-order valence-corrected chi connectivity index (χ3v) is 2.48. The minimum absolute atomic E-state index is 0.218. The lowest BCUT2D eigenvalue weighted by Crippen LogP contribution is -2.05. The van der Waals surface area contributed by atoms with Crippen LogP contribution in [0.25, 0.3) is 0 Å². The quantitative estimate of drug-likeness (QED) is 0.842. The average molecular weight is 274 g/mol. The van der Waals surface area contributed by atoms with Crippen LogP contribution in [0, 0.1) is 11.3 Å². The fraction of sp³-hybridized carbons (Fsp3) is 0.417. The smallest absolute Gasteiger partial charge is 0.246 e. The van der Waals surface area contributed by atoms with E-state index in [9.17, 15) is 0 Å². The predicted molar refractivity (Wildman–Crippen MR) is 68.4 cm³/mol. The molecule has 0 fully saturated rings. The highest BCUT2D eigenvalue weighted by atomic mass is 16.5. The van der Waals surface area contributed by atoms with E-state index in [0.717, 1.165) is 0 Å². The maximum Gasteiger partial charge on any atom is 0.246 e. The molecule has 0 radical (unpaired) electrons. The molecular formula is C12H14N6O2. The van der Waals surface area contributed by atoms with Gasteiger partial charge in [-0.2, -0.15) is 10.2 Å². The first-order valence-corrected chi connectivity index (χ1v) is 6.13. The molecule has 0 aliphatic rings. The van der Waals surface area contributed by atoms with Gasteiger partial charge in [0.25, 0.3) is 0 Å². The summed E-state index contributed by atoms with van der Waals surface area (Å²) in [6.07, 6.45) is 2.74. The van der Waals surface area contributed by atoms with Gasteiger partial charge in [0.1, 0.15) is 12.2 Å². The van der Waals surface area contributed by atoms with Crippen LogP contribution in [0.15, 0.2) is 16.9 Å². The van der Waals surface area contributed by atoms with Crippen LogP contribution in [-0.4, -0.2) is 26.7 Å². The Bertz CT molecular complexity index is 606. The second-order valence-electron chi connectivity index (χ2n) is 3.86. The van der Waals surface area contributed by atoms with E-state index in [0.29, 0.717) is 24.1 Å². The van der Waals surface area contributed by atoms with Crippen molar-refractivity contribution >= 4 is 5.82 Å². The SMILES string of the molecule is CCO[C@@H](C)c1noc(CNc2nccnc2C#N)n1. The minimum atomic E-state index is -0.219. The summed E-state index contributed by atoms with van der Waals surface area (Å²) < 4.78 is 10.5. The maximum atomic E-state index is 8.89. The highest BCUT2D eigenvalue weighted by molar-refractivity contribution is 5.46. The summed E-state index contributed by atoms with van der Waals surface area (Å²) in [6, 6.07) is 1.95. The molecule has 0 amide bonds. The zero-order chi connectivity index (χ0) is 14.4. The maximum absolute atomic E-state index is 8.89. The van der Waals surface area contributed by atoms with Gasteiger partial charge in [0.2, 0.25) is 5.89 Å². The van der Waals surface area contributed by atoms with Gasteiger partial charge in [0.15, 0.2) is 17.3 Å². The van der Waals surface area contributed by atoms with Crippen LogP contribution in [0.5, 0.6) is 0 Å². The first-order valence-electron chi connectivity index (χ1n) is 6.13. The monoisotopic (exact) mass is 274 g/mol. The topological polar surface area (TPSA) is 110 Å². The molecule has 20 heavy (non-hydrogen) atoms. The van der Waals surface area contributed by atoms with Gasteiger partial charge >= 0.3 is 0 Å². The number of nitrogens with zero attached hydrogens (tertiary/aromatic N) is 5. The number of nitrogens with one attached hydrogen (secondary N) is 1. The van der Waals surface area contributed by atoms with Crippen molar-refractivity contribution in [2.75, 3.05) is 11.9 Å². The third-order valence-electron chi connectivity index (χ3n) is 2.48. The van der Waals surface area contributed by atoms with Crippen LogP contribution in [0.2, 0.25) is 0 Å². The summed E-state index contributed by atoms with van der Waals surface area (Å²) in [5.74, 6) is 1.26. The van der Waals surface area contributed by atoms with Crippen LogP contribution < -0.4 is 5.32 Å². The van der Waals surface area contributed by atoms with Crippen molar-refractivity contribution in [1.29, 1.82) is 5.26 Å². The van der Waals surface area contributed by atoms with Gasteiger partial charge in [0.05, 0.1) is 6.54 Å². The van der Waals surface area contributed by atoms with E-state index >= 15 is 0 Å². The van der Waals surface area contributed by atoms with E-state index in [-0.39, 0.29) is 18.3 Å². The van der Waals surface area contributed by atoms with E-state index in [2.05, 4.69) is 25.4 Å². The molecule has 0 bridgehead atoms. The van der Waals surface area contributed by atoms with Gasteiger partial charge in [-0.1, -0.05) is 5.16 Å². The Morgan fingerprint density at radius 2 is 2.25 bits per heavy atom. The molecule has 0 saturated heterocycles. The van der Waals surface area contributed by atoms with Gasteiger partial charge < -0.3 is 14.6 Å². The molecule has 0 aliphatic heterocycles. The highest BCUT2D eigenvalue weighted by Gasteiger charge is 2.14. The number of hydrogen-bond donors (Lipinski definition) is 1. The summed E-state index contributed by atoms with van der Waals surface area (Å²) in [5, 5.41) is 15.7. The molecule has 2 aromatic rings. The van der Waals surface area contributed by atoms with E-state index < -0.39 is 0 Å². The fourth-order valence-corrected chi connectivity index (χ4v) is 1.54. The number of aromatic nitrogens is 4. The predicted octanol–water partition coefficient (Wildman–Crippen LogP) is 1.44. The molecule has 0 aromatic carbocycles. The molecular weight excluding hydrogens is 260 g/mol. The van der Waals surface area contributed by atoms with E-state index in [1.54, 1.807) is 0 Å². The molecule has 0 saturated carbocycles.